The molecule has 3 rings (SSSR count). The Kier molecular flexibility index (Phi) is 6.11. The van der Waals surface area contributed by atoms with E-state index in [1.807, 2.05) is 12.1 Å². The lowest BCUT2D eigenvalue weighted by Crippen LogP contribution is -2.45. The van der Waals surface area contributed by atoms with E-state index in [2.05, 4.69) is 17.0 Å². The van der Waals surface area contributed by atoms with Gasteiger partial charge >= 0.3 is 0 Å². The van der Waals surface area contributed by atoms with Crippen LogP contribution in [0.5, 0.6) is 0 Å². The first kappa shape index (κ1) is 18.7. The normalized spacial score (nSPS) is 24.6. The summed E-state index contributed by atoms with van der Waals surface area (Å²) in [5.74, 6) is 0. The highest BCUT2D eigenvalue weighted by molar-refractivity contribution is 7.89. The lowest BCUT2D eigenvalue weighted by Gasteiger charge is -2.34. The standard InChI is InChI=1S/C17H26N2O2S.ClH/c1-17(9-4-10-18-12-17)13-19-22(20,21)16-8-7-14-5-2-3-6-15(14)11-16;/h7-8,11,18-19H,2-6,9-10,12-13H2,1H3;1H. The van der Waals surface area contributed by atoms with Gasteiger partial charge in [0.25, 0.3) is 0 Å². The molecule has 4 nitrogen and oxygen atoms in total. The average Bonchev–Trinajstić information content (AvgIpc) is 2.53. The van der Waals surface area contributed by atoms with Crippen molar-refractivity contribution in [2.75, 3.05) is 19.6 Å². The molecule has 0 amide bonds. The number of hydrogen-bond donors (Lipinski definition) is 2. The first-order valence-corrected chi connectivity index (χ1v) is 9.79. The maximum Gasteiger partial charge on any atom is 0.240 e. The van der Waals surface area contributed by atoms with E-state index in [0.717, 1.165) is 45.2 Å². The fraction of sp³-hybridized carbons (Fsp3) is 0.647. The Labute approximate surface area is 145 Å². The summed E-state index contributed by atoms with van der Waals surface area (Å²) in [4.78, 5) is 0.417. The fourth-order valence-electron chi connectivity index (χ4n) is 3.50. The van der Waals surface area contributed by atoms with Crippen molar-refractivity contribution in [1.29, 1.82) is 0 Å². The predicted octanol–water partition coefficient (Wildman–Crippen LogP) is 2.66. The Morgan fingerprint density at radius 1 is 1.17 bits per heavy atom. The van der Waals surface area contributed by atoms with Crippen molar-refractivity contribution in [1.82, 2.24) is 10.0 Å². The third-order valence-electron chi connectivity index (χ3n) is 5.00. The lowest BCUT2D eigenvalue weighted by molar-refractivity contribution is 0.238. The lowest BCUT2D eigenvalue weighted by atomic mass is 9.83. The van der Waals surface area contributed by atoms with Crippen LogP contribution in [0.15, 0.2) is 23.1 Å². The van der Waals surface area contributed by atoms with Gasteiger partial charge in [-0.05, 0) is 73.7 Å². The van der Waals surface area contributed by atoms with Crippen molar-refractivity contribution in [3.8, 4) is 0 Å². The highest BCUT2D eigenvalue weighted by atomic mass is 35.5. The highest BCUT2D eigenvalue weighted by Gasteiger charge is 2.29. The Morgan fingerprint density at radius 2 is 1.91 bits per heavy atom. The third-order valence-corrected chi connectivity index (χ3v) is 6.40. The molecule has 1 atom stereocenters. The molecule has 1 fully saturated rings. The highest BCUT2D eigenvalue weighted by Crippen LogP contribution is 2.26. The molecule has 1 heterocycles. The van der Waals surface area contributed by atoms with Crippen molar-refractivity contribution in [2.24, 2.45) is 5.41 Å². The van der Waals surface area contributed by atoms with Crippen molar-refractivity contribution in [2.45, 2.75) is 50.3 Å². The second kappa shape index (κ2) is 7.51. The van der Waals surface area contributed by atoms with E-state index in [0.29, 0.717) is 11.4 Å². The molecule has 0 spiro atoms. The molecule has 1 aromatic carbocycles. The molecule has 0 radical (unpaired) electrons. The molecule has 0 bridgehead atoms. The van der Waals surface area contributed by atoms with Gasteiger partial charge in [-0.15, -0.1) is 12.4 Å². The summed E-state index contributed by atoms with van der Waals surface area (Å²) >= 11 is 0. The van der Waals surface area contributed by atoms with Crippen LogP contribution in [-0.4, -0.2) is 28.1 Å². The smallest absolute Gasteiger partial charge is 0.240 e. The second-order valence-corrected chi connectivity index (χ2v) is 8.82. The van der Waals surface area contributed by atoms with Crippen LogP contribution in [0.1, 0.15) is 43.7 Å². The molecule has 1 aliphatic carbocycles. The molecular formula is C17H27ClN2O2S. The number of sulfonamides is 1. The SMILES string of the molecule is CC1(CNS(=O)(=O)c2ccc3c(c2)CCCC3)CCCNC1.Cl. The van der Waals surface area contributed by atoms with E-state index in [1.165, 1.54) is 17.5 Å². The van der Waals surface area contributed by atoms with Gasteiger partial charge in [0.2, 0.25) is 10.0 Å². The van der Waals surface area contributed by atoms with Gasteiger partial charge in [0.05, 0.1) is 4.90 Å². The molecule has 1 unspecified atom stereocenters. The van der Waals surface area contributed by atoms with Gasteiger partial charge in [0.15, 0.2) is 0 Å². The molecule has 1 aliphatic heterocycles. The molecule has 0 saturated carbocycles. The number of hydrogen-bond acceptors (Lipinski definition) is 3. The zero-order chi connectivity index (χ0) is 15.6. The summed E-state index contributed by atoms with van der Waals surface area (Å²) in [5, 5.41) is 3.36. The van der Waals surface area contributed by atoms with Gasteiger partial charge in [-0.1, -0.05) is 13.0 Å². The van der Waals surface area contributed by atoms with Gasteiger partial charge in [-0.25, -0.2) is 13.1 Å². The van der Waals surface area contributed by atoms with E-state index < -0.39 is 10.0 Å². The minimum Gasteiger partial charge on any atom is -0.316 e. The van der Waals surface area contributed by atoms with E-state index in [9.17, 15) is 8.42 Å². The molecule has 6 heteroatoms. The first-order chi connectivity index (χ1) is 10.5. The van der Waals surface area contributed by atoms with Crippen LogP contribution in [0.25, 0.3) is 0 Å². The van der Waals surface area contributed by atoms with Crippen LogP contribution in [-0.2, 0) is 22.9 Å². The maximum absolute atomic E-state index is 12.6. The van der Waals surface area contributed by atoms with Gasteiger partial charge < -0.3 is 5.32 Å². The summed E-state index contributed by atoms with van der Waals surface area (Å²) in [6.07, 6.45) is 6.62. The zero-order valence-electron chi connectivity index (χ0n) is 13.7. The number of benzene rings is 1. The number of piperidine rings is 1. The molecule has 2 aliphatic rings. The van der Waals surface area contributed by atoms with E-state index >= 15 is 0 Å². The minimum absolute atomic E-state index is 0. The Bertz CT molecular complexity index is 640. The summed E-state index contributed by atoms with van der Waals surface area (Å²) in [5.41, 5.74) is 2.54. The number of nitrogens with one attached hydrogen (secondary N) is 2. The van der Waals surface area contributed by atoms with E-state index in [-0.39, 0.29) is 17.8 Å². The van der Waals surface area contributed by atoms with Crippen molar-refractivity contribution < 1.29 is 8.42 Å². The quantitative estimate of drug-likeness (QED) is 0.869. The molecular weight excluding hydrogens is 332 g/mol. The second-order valence-electron chi connectivity index (χ2n) is 7.05. The van der Waals surface area contributed by atoms with Gasteiger partial charge in [0, 0.05) is 13.1 Å². The number of fused-ring (bicyclic) bond motifs is 1. The van der Waals surface area contributed by atoms with Gasteiger partial charge in [-0.3, -0.25) is 0 Å². The zero-order valence-corrected chi connectivity index (χ0v) is 15.4. The fourth-order valence-corrected chi connectivity index (χ4v) is 4.75. The van der Waals surface area contributed by atoms with Crippen LogP contribution in [0.3, 0.4) is 0 Å². The summed E-state index contributed by atoms with van der Waals surface area (Å²) in [6, 6.07) is 5.62. The maximum atomic E-state index is 12.6. The summed E-state index contributed by atoms with van der Waals surface area (Å²) in [6.45, 7) is 4.56. The van der Waals surface area contributed by atoms with E-state index in [1.54, 1.807) is 6.07 Å². The average molecular weight is 359 g/mol. The monoisotopic (exact) mass is 358 g/mol. The molecule has 1 aromatic rings. The Morgan fingerprint density at radius 3 is 2.61 bits per heavy atom. The largest absolute Gasteiger partial charge is 0.316 e. The van der Waals surface area contributed by atoms with Crippen LogP contribution < -0.4 is 10.0 Å². The topological polar surface area (TPSA) is 58.2 Å². The van der Waals surface area contributed by atoms with E-state index in [4.69, 9.17) is 0 Å². The van der Waals surface area contributed by atoms with Crippen molar-refractivity contribution >= 4 is 22.4 Å². The molecule has 1 saturated heterocycles. The van der Waals surface area contributed by atoms with Crippen molar-refractivity contribution in [3.05, 3.63) is 29.3 Å². The Hall–Kier alpha value is -0.620. The predicted molar refractivity (Wildman–Crippen MR) is 95.7 cm³/mol. The number of halogens is 1. The van der Waals surface area contributed by atoms with Gasteiger partial charge in [-0.2, -0.15) is 0 Å². The van der Waals surface area contributed by atoms with Crippen LogP contribution in [0.4, 0.5) is 0 Å². The molecule has 2 N–H and O–H groups in total. The van der Waals surface area contributed by atoms with Crippen molar-refractivity contribution in [3.63, 3.8) is 0 Å². The van der Waals surface area contributed by atoms with Crippen LogP contribution in [0, 0.1) is 5.41 Å². The first-order valence-electron chi connectivity index (χ1n) is 8.31. The molecule has 23 heavy (non-hydrogen) atoms. The minimum atomic E-state index is -3.41. The van der Waals surface area contributed by atoms with Crippen LogP contribution in [0.2, 0.25) is 0 Å². The van der Waals surface area contributed by atoms with Gasteiger partial charge in [0.1, 0.15) is 0 Å². The number of rotatable bonds is 4. The number of aryl methyl sites for hydroxylation is 2. The Balaban J connectivity index is 0.00000192. The molecule has 0 aromatic heterocycles. The molecule has 130 valence electrons. The summed E-state index contributed by atoms with van der Waals surface area (Å²) < 4.78 is 28.0. The van der Waals surface area contributed by atoms with Crippen LogP contribution >= 0.6 is 12.4 Å². The third kappa shape index (κ3) is 4.47. The summed E-state index contributed by atoms with van der Waals surface area (Å²) in [7, 11) is -3.41.